The lowest BCUT2D eigenvalue weighted by Crippen LogP contribution is -2.20. The van der Waals surface area contributed by atoms with E-state index in [2.05, 4.69) is 14.5 Å². The van der Waals surface area contributed by atoms with Crippen LogP contribution in [0.5, 0.6) is 5.75 Å². The number of hydrogen-bond donors (Lipinski definition) is 0. The van der Waals surface area contributed by atoms with Crippen LogP contribution in [0.4, 0.5) is 27.6 Å². The van der Waals surface area contributed by atoms with Crippen LogP contribution >= 0.6 is 0 Å². The van der Waals surface area contributed by atoms with Gasteiger partial charge in [-0.3, -0.25) is 14.9 Å². The van der Waals surface area contributed by atoms with Crippen LogP contribution in [0.15, 0.2) is 6.20 Å². The molecule has 0 fully saturated rings. The summed E-state index contributed by atoms with van der Waals surface area (Å²) < 4.78 is 69.8. The van der Waals surface area contributed by atoms with Crippen molar-refractivity contribution in [2.45, 2.75) is 19.2 Å². The van der Waals surface area contributed by atoms with Crippen LogP contribution in [-0.4, -0.2) is 29.3 Å². The first kappa shape index (κ1) is 17.5. The van der Waals surface area contributed by atoms with Gasteiger partial charge in [0.05, 0.1) is 24.7 Å². The molecule has 0 atom stereocenters. The van der Waals surface area contributed by atoms with E-state index >= 15 is 0 Å². The molecule has 22 heavy (non-hydrogen) atoms. The standard InChI is InChI=1S/C10H7F5N2O5/c1-21-6(18)2-4-8(17(19)20)7(9(11)12)5(3-16-4)22-10(13,14)15/h3,9H,2H2,1H3. The molecule has 0 bridgehead atoms. The zero-order valence-electron chi connectivity index (χ0n) is 10.7. The normalized spacial score (nSPS) is 11.4. The van der Waals surface area contributed by atoms with E-state index in [-0.39, 0.29) is 6.20 Å². The molecule has 122 valence electrons. The van der Waals surface area contributed by atoms with Crippen LogP contribution in [-0.2, 0) is 16.0 Å². The first-order chi connectivity index (χ1) is 10.1. The van der Waals surface area contributed by atoms with E-state index in [4.69, 9.17) is 0 Å². The van der Waals surface area contributed by atoms with Gasteiger partial charge in [-0.1, -0.05) is 0 Å². The number of halogens is 5. The molecule has 1 aromatic rings. The fourth-order valence-electron chi connectivity index (χ4n) is 1.50. The minimum Gasteiger partial charge on any atom is -0.469 e. The van der Waals surface area contributed by atoms with Crippen molar-refractivity contribution in [3.05, 3.63) is 27.6 Å². The number of methoxy groups -OCH3 is 1. The van der Waals surface area contributed by atoms with Crippen LogP contribution in [0.2, 0.25) is 0 Å². The molecule has 1 rings (SSSR count). The van der Waals surface area contributed by atoms with Crippen molar-refractivity contribution >= 4 is 11.7 Å². The van der Waals surface area contributed by atoms with E-state index in [1.54, 1.807) is 0 Å². The van der Waals surface area contributed by atoms with Gasteiger partial charge in [0.1, 0.15) is 11.3 Å². The third-order valence-corrected chi connectivity index (χ3v) is 2.30. The Kier molecular flexibility index (Phi) is 5.17. The molecule has 0 aromatic carbocycles. The lowest BCUT2D eigenvalue weighted by Gasteiger charge is -2.14. The summed E-state index contributed by atoms with van der Waals surface area (Å²) in [5.74, 6) is -2.55. The molecule has 0 saturated carbocycles. The van der Waals surface area contributed by atoms with E-state index < -0.39 is 52.8 Å². The maximum Gasteiger partial charge on any atom is 0.573 e. The van der Waals surface area contributed by atoms with Crippen LogP contribution in [0, 0.1) is 10.1 Å². The number of pyridine rings is 1. The number of nitro groups is 1. The Morgan fingerprint density at radius 3 is 2.45 bits per heavy atom. The number of rotatable bonds is 5. The molecule has 0 saturated heterocycles. The smallest absolute Gasteiger partial charge is 0.469 e. The predicted octanol–water partition coefficient (Wildman–Crippen LogP) is 2.54. The SMILES string of the molecule is COC(=O)Cc1ncc(OC(F)(F)F)c(C(F)F)c1[N+](=O)[O-]. The second-order valence-electron chi connectivity index (χ2n) is 3.69. The molecule has 0 aliphatic heterocycles. The largest absolute Gasteiger partial charge is 0.573 e. The summed E-state index contributed by atoms with van der Waals surface area (Å²) >= 11 is 0. The predicted molar refractivity (Wildman–Crippen MR) is 58.3 cm³/mol. The first-order valence-electron chi connectivity index (χ1n) is 5.33. The Labute approximate surface area is 118 Å². The first-order valence-corrected chi connectivity index (χ1v) is 5.33. The van der Waals surface area contributed by atoms with Crippen molar-refractivity contribution in [2.75, 3.05) is 7.11 Å². The molecule has 0 aliphatic carbocycles. The van der Waals surface area contributed by atoms with Gasteiger partial charge in [-0.25, -0.2) is 13.8 Å². The third kappa shape index (κ3) is 4.23. The molecule has 0 aliphatic rings. The number of carbonyl (C=O) groups excluding carboxylic acids is 1. The summed E-state index contributed by atoms with van der Waals surface area (Å²) in [5, 5.41) is 10.9. The van der Waals surface area contributed by atoms with E-state index in [0.717, 1.165) is 7.11 Å². The Morgan fingerprint density at radius 2 is 2.05 bits per heavy atom. The minimum absolute atomic E-state index is 0.236. The summed E-state index contributed by atoms with van der Waals surface area (Å²) in [6.45, 7) is 0. The Balaban J connectivity index is 3.49. The highest BCUT2D eigenvalue weighted by Crippen LogP contribution is 2.40. The fraction of sp³-hybridized carbons (Fsp3) is 0.400. The minimum atomic E-state index is -5.34. The fourth-order valence-corrected chi connectivity index (χ4v) is 1.50. The van der Waals surface area contributed by atoms with Crippen molar-refractivity contribution in [3.63, 3.8) is 0 Å². The summed E-state index contributed by atoms with van der Waals surface area (Å²) in [4.78, 5) is 23.8. The van der Waals surface area contributed by atoms with Gasteiger partial charge in [-0.05, 0) is 0 Å². The molecule has 0 spiro atoms. The van der Waals surface area contributed by atoms with E-state index in [9.17, 15) is 36.9 Å². The maximum atomic E-state index is 12.9. The number of ether oxygens (including phenoxy) is 2. The van der Waals surface area contributed by atoms with Gasteiger partial charge in [-0.15, -0.1) is 13.2 Å². The summed E-state index contributed by atoms with van der Waals surface area (Å²) in [7, 11) is 0.934. The van der Waals surface area contributed by atoms with Gasteiger partial charge < -0.3 is 9.47 Å². The number of nitrogens with zero attached hydrogens (tertiary/aromatic N) is 2. The summed E-state index contributed by atoms with van der Waals surface area (Å²) in [6.07, 6.45) is -9.63. The molecule has 0 radical (unpaired) electrons. The highest BCUT2D eigenvalue weighted by molar-refractivity contribution is 5.74. The van der Waals surface area contributed by atoms with Crippen molar-refractivity contribution in [1.29, 1.82) is 0 Å². The summed E-state index contributed by atoms with van der Waals surface area (Å²) in [5.41, 5.74) is -3.81. The molecule has 0 N–H and O–H groups in total. The van der Waals surface area contributed by atoms with Gasteiger partial charge >= 0.3 is 18.0 Å². The van der Waals surface area contributed by atoms with Crippen molar-refractivity contribution in [3.8, 4) is 5.75 Å². The monoisotopic (exact) mass is 330 g/mol. The number of aromatic nitrogens is 1. The van der Waals surface area contributed by atoms with Gasteiger partial charge in [0, 0.05) is 0 Å². The third-order valence-electron chi connectivity index (χ3n) is 2.30. The van der Waals surface area contributed by atoms with Gasteiger partial charge in [0.15, 0.2) is 5.75 Å². The van der Waals surface area contributed by atoms with Crippen LogP contribution in [0.25, 0.3) is 0 Å². The molecule has 7 nitrogen and oxygen atoms in total. The quantitative estimate of drug-likeness (QED) is 0.357. The van der Waals surface area contributed by atoms with Crippen LogP contribution in [0.3, 0.4) is 0 Å². The molecule has 12 heteroatoms. The van der Waals surface area contributed by atoms with Crippen molar-refractivity contribution in [2.24, 2.45) is 0 Å². The maximum absolute atomic E-state index is 12.9. The van der Waals surface area contributed by atoms with E-state index in [1.807, 2.05) is 0 Å². The molecule has 1 aromatic heterocycles. The number of carbonyl (C=O) groups is 1. The number of esters is 1. The highest BCUT2D eigenvalue weighted by Gasteiger charge is 2.38. The zero-order chi connectivity index (χ0) is 17.1. The van der Waals surface area contributed by atoms with Crippen LogP contribution in [0.1, 0.15) is 17.7 Å². The second kappa shape index (κ2) is 6.49. The Bertz CT molecular complexity index is 590. The zero-order valence-corrected chi connectivity index (χ0v) is 10.7. The van der Waals surface area contributed by atoms with Crippen molar-refractivity contribution < 1.29 is 41.1 Å². The Hall–Kier alpha value is -2.53. The Morgan fingerprint density at radius 1 is 1.45 bits per heavy atom. The highest BCUT2D eigenvalue weighted by atomic mass is 19.4. The van der Waals surface area contributed by atoms with Gasteiger partial charge in [0.2, 0.25) is 0 Å². The van der Waals surface area contributed by atoms with Crippen LogP contribution < -0.4 is 4.74 Å². The number of hydrogen-bond acceptors (Lipinski definition) is 6. The lowest BCUT2D eigenvalue weighted by molar-refractivity contribution is -0.387. The molecule has 0 amide bonds. The number of alkyl halides is 5. The lowest BCUT2D eigenvalue weighted by atomic mass is 10.1. The topological polar surface area (TPSA) is 91.6 Å². The average molecular weight is 330 g/mol. The molecule has 0 unspecified atom stereocenters. The van der Waals surface area contributed by atoms with Gasteiger partial charge in [0.25, 0.3) is 6.43 Å². The average Bonchev–Trinajstić information content (AvgIpc) is 2.37. The van der Waals surface area contributed by atoms with E-state index in [0.29, 0.717) is 0 Å². The van der Waals surface area contributed by atoms with Gasteiger partial charge in [-0.2, -0.15) is 0 Å². The molecular weight excluding hydrogens is 323 g/mol. The van der Waals surface area contributed by atoms with Crippen molar-refractivity contribution in [1.82, 2.24) is 4.98 Å². The summed E-state index contributed by atoms with van der Waals surface area (Å²) in [6, 6.07) is 0. The second-order valence-corrected chi connectivity index (χ2v) is 3.69. The molecule has 1 heterocycles. The molecular formula is C10H7F5N2O5. The van der Waals surface area contributed by atoms with E-state index in [1.165, 1.54) is 0 Å².